The molecule has 0 radical (unpaired) electrons. The monoisotopic (exact) mass is 228 g/mol. The van der Waals surface area contributed by atoms with Crippen LogP contribution in [-0.2, 0) is 4.79 Å². The van der Waals surface area contributed by atoms with Gasteiger partial charge in [-0.05, 0) is 32.7 Å². The number of hydrogen-bond acceptors (Lipinski definition) is 3. The highest BCUT2D eigenvalue weighted by Gasteiger charge is 2.16. The number of amides is 1. The lowest BCUT2D eigenvalue weighted by Gasteiger charge is -2.25. The van der Waals surface area contributed by atoms with Crippen molar-refractivity contribution in [2.45, 2.75) is 45.1 Å². The lowest BCUT2D eigenvalue weighted by Crippen LogP contribution is -2.37. The topological polar surface area (TPSA) is 52.6 Å². The van der Waals surface area contributed by atoms with E-state index in [0.29, 0.717) is 25.6 Å². The molecule has 0 aromatic rings. The van der Waals surface area contributed by atoms with Gasteiger partial charge in [0.05, 0.1) is 6.61 Å². The van der Waals surface area contributed by atoms with Crippen LogP contribution < -0.4 is 5.32 Å². The number of likely N-dealkylation sites (N-methyl/N-ethyl adjacent to an activating group) is 1. The number of nitrogens with one attached hydrogen (secondary N) is 1. The summed E-state index contributed by atoms with van der Waals surface area (Å²) < 4.78 is 0. The summed E-state index contributed by atoms with van der Waals surface area (Å²) in [6.07, 6.45) is 5.27. The third-order valence-electron chi connectivity index (χ3n) is 3.22. The molecule has 0 bridgehead atoms. The second-order valence-electron chi connectivity index (χ2n) is 4.38. The van der Waals surface area contributed by atoms with E-state index in [0.717, 1.165) is 13.0 Å². The lowest BCUT2D eigenvalue weighted by atomic mass is 10.0. The van der Waals surface area contributed by atoms with Gasteiger partial charge in [-0.2, -0.15) is 0 Å². The average molecular weight is 228 g/mol. The molecule has 2 N–H and O–H groups in total. The van der Waals surface area contributed by atoms with E-state index in [-0.39, 0.29) is 12.5 Å². The Kier molecular flexibility index (Phi) is 6.42. The van der Waals surface area contributed by atoms with Crippen LogP contribution in [-0.4, -0.2) is 48.2 Å². The zero-order valence-corrected chi connectivity index (χ0v) is 10.2. The van der Waals surface area contributed by atoms with E-state index in [4.69, 9.17) is 5.11 Å². The van der Waals surface area contributed by atoms with E-state index >= 15 is 0 Å². The molecule has 0 aromatic heterocycles. The second kappa shape index (κ2) is 7.63. The van der Waals surface area contributed by atoms with E-state index in [9.17, 15) is 4.79 Å². The molecule has 1 amide bonds. The predicted molar refractivity (Wildman–Crippen MR) is 64.2 cm³/mol. The smallest absolute Gasteiger partial charge is 0.222 e. The summed E-state index contributed by atoms with van der Waals surface area (Å²) in [5.41, 5.74) is 0. The van der Waals surface area contributed by atoms with Gasteiger partial charge in [0.15, 0.2) is 0 Å². The van der Waals surface area contributed by atoms with E-state index in [1.165, 1.54) is 19.3 Å². The maximum absolute atomic E-state index is 11.8. The summed E-state index contributed by atoms with van der Waals surface area (Å²) in [5, 5.41) is 12.3. The van der Waals surface area contributed by atoms with Crippen molar-refractivity contribution in [3.63, 3.8) is 0 Å². The van der Waals surface area contributed by atoms with Crippen molar-refractivity contribution >= 4 is 5.91 Å². The van der Waals surface area contributed by atoms with Crippen molar-refractivity contribution in [1.29, 1.82) is 0 Å². The number of aliphatic hydroxyl groups is 1. The summed E-state index contributed by atoms with van der Waals surface area (Å²) in [4.78, 5) is 13.5. The highest BCUT2D eigenvalue weighted by molar-refractivity contribution is 5.76. The van der Waals surface area contributed by atoms with E-state index in [2.05, 4.69) is 5.32 Å². The number of aliphatic hydroxyl groups excluding tert-OH is 1. The predicted octanol–water partition coefficient (Wildman–Crippen LogP) is 0.749. The van der Waals surface area contributed by atoms with Gasteiger partial charge in [-0.3, -0.25) is 4.79 Å². The maximum Gasteiger partial charge on any atom is 0.222 e. The Labute approximate surface area is 98.0 Å². The first kappa shape index (κ1) is 13.5. The minimum atomic E-state index is 0.0568. The van der Waals surface area contributed by atoms with Crippen LogP contribution >= 0.6 is 0 Å². The first-order valence-electron chi connectivity index (χ1n) is 6.40. The Morgan fingerprint density at radius 1 is 1.50 bits per heavy atom. The SMILES string of the molecule is CCN(CCO)C(=O)CCC1CCCCN1. The third-order valence-corrected chi connectivity index (χ3v) is 3.22. The molecule has 1 atom stereocenters. The molecule has 94 valence electrons. The van der Waals surface area contributed by atoms with Gasteiger partial charge in [0.2, 0.25) is 5.91 Å². The Morgan fingerprint density at radius 2 is 2.31 bits per heavy atom. The summed E-state index contributed by atoms with van der Waals surface area (Å²) in [6.45, 7) is 4.26. The standard InChI is InChI=1S/C12H24N2O2/c1-2-14(9-10-15)12(16)7-6-11-5-3-4-8-13-11/h11,13,15H,2-10H2,1H3. The van der Waals surface area contributed by atoms with Crippen LogP contribution in [0.25, 0.3) is 0 Å². The van der Waals surface area contributed by atoms with Gasteiger partial charge < -0.3 is 15.3 Å². The van der Waals surface area contributed by atoms with Crippen LogP contribution in [0.3, 0.4) is 0 Å². The highest BCUT2D eigenvalue weighted by atomic mass is 16.3. The van der Waals surface area contributed by atoms with Gasteiger partial charge in [0.1, 0.15) is 0 Å². The van der Waals surface area contributed by atoms with Gasteiger partial charge >= 0.3 is 0 Å². The van der Waals surface area contributed by atoms with Crippen molar-refractivity contribution in [1.82, 2.24) is 10.2 Å². The quantitative estimate of drug-likeness (QED) is 0.705. The first-order valence-corrected chi connectivity index (χ1v) is 6.40. The van der Waals surface area contributed by atoms with Gasteiger partial charge in [0, 0.05) is 25.6 Å². The first-order chi connectivity index (χ1) is 7.77. The molecule has 1 fully saturated rings. The Bertz CT molecular complexity index is 203. The minimum Gasteiger partial charge on any atom is -0.395 e. The molecular weight excluding hydrogens is 204 g/mol. The van der Waals surface area contributed by atoms with Crippen molar-refractivity contribution in [2.24, 2.45) is 0 Å². The molecular formula is C12H24N2O2. The Balaban J connectivity index is 2.21. The zero-order valence-electron chi connectivity index (χ0n) is 10.2. The second-order valence-corrected chi connectivity index (χ2v) is 4.38. The molecule has 0 spiro atoms. The molecule has 1 aliphatic heterocycles. The number of piperidine rings is 1. The van der Waals surface area contributed by atoms with Gasteiger partial charge in [-0.15, -0.1) is 0 Å². The summed E-state index contributed by atoms with van der Waals surface area (Å²) in [7, 11) is 0. The molecule has 4 heteroatoms. The fraction of sp³-hybridized carbons (Fsp3) is 0.917. The minimum absolute atomic E-state index is 0.0568. The summed E-state index contributed by atoms with van der Waals surface area (Å²) in [6, 6.07) is 0.519. The molecule has 1 heterocycles. The third kappa shape index (κ3) is 4.49. The van der Waals surface area contributed by atoms with Crippen molar-refractivity contribution < 1.29 is 9.90 Å². The fourth-order valence-corrected chi connectivity index (χ4v) is 2.21. The molecule has 0 saturated carbocycles. The van der Waals surface area contributed by atoms with Crippen LogP contribution in [0.5, 0.6) is 0 Å². The van der Waals surface area contributed by atoms with Crippen LogP contribution in [0.15, 0.2) is 0 Å². The summed E-state index contributed by atoms with van der Waals surface area (Å²) in [5.74, 6) is 0.170. The molecule has 0 aromatic carbocycles. The number of hydrogen-bond donors (Lipinski definition) is 2. The van der Waals surface area contributed by atoms with Gasteiger partial charge in [0.25, 0.3) is 0 Å². The number of nitrogens with zero attached hydrogens (tertiary/aromatic N) is 1. The maximum atomic E-state index is 11.8. The van der Waals surface area contributed by atoms with Crippen molar-refractivity contribution in [2.75, 3.05) is 26.2 Å². The van der Waals surface area contributed by atoms with Crippen LogP contribution in [0.2, 0.25) is 0 Å². The lowest BCUT2D eigenvalue weighted by molar-refractivity contribution is -0.131. The Morgan fingerprint density at radius 3 is 2.88 bits per heavy atom. The van der Waals surface area contributed by atoms with Crippen LogP contribution in [0, 0.1) is 0 Å². The van der Waals surface area contributed by atoms with Crippen molar-refractivity contribution in [3.8, 4) is 0 Å². The van der Waals surface area contributed by atoms with Gasteiger partial charge in [-0.25, -0.2) is 0 Å². The molecule has 16 heavy (non-hydrogen) atoms. The van der Waals surface area contributed by atoms with E-state index in [1.807, 2.05) is 6.92 Å². The van der Waals surface area contributed by atoms with Crippen molar-refractivity contribution in [3.05, 3.63) is 0 Å². The number of rotatable bonds is 6. The van der Waals surface area contributed by atoms with Crippen LogP contribution in [0.4, 0.5) is 0 Å². The zero-order chi connectivity index (χ0) is 11.8. The molecule has 1 rings (SSSR count). The molecule has 1 aliphatic rings. The van der Waals surface area contributed by atoms with E-state index < -0.39 is 0 Å². The Hall–Kier alpha value is -0.610. The number of carbonyl (C=O) groups excluding carboxylic acids is 1. The summed E-state index contributed by atoms with van der Waals surface area (Å²) >= 11 is 0. The van der Waals surface area contributed by atoms with Gasteiger partial charge in [-0.1, -0.05) is 6.42 Å². The molecule has 0 aliphatic carbocycles. The van der Waals surface area contributed by atoms with E-state index in [1.54, 1.807) is 4.90 Å². The molecule has 4 nitrogen and oxygen atoms in total. The molecule has 1 saturated heterocycles. The normalized spacial score (nSPS) is 20.8. The van der Waals surface area contributed by atoms with Crippen LogP contribution in [0.1, 0.15) is 39.0 Å². The highest BCUT2D eigenvalue weighted by Crippen LogP contribution is 2.12. The number of carbonyl (C=O) groups is 1. The largest absolute Gasteiger partial charge is 0.395 e. The average Bonchev–Trinajstić information content (AvgIpc) is 2.34. The fourth-order valence-electron chi connectivity index (χ4n) is 2.21. The molecule has 1 unspecified atom stereocenters.